The highest BCUT2D eigenvalue weighted by Gasteiger charge is 2.07. The topological polar surface area (TPSA) is 72.0 Å². The third kappa shape index (κ3) is 5.57. The lowest BCUT2D eigenvalue weighted by molar-refractivity contribution is -0.121. The van der Waals surface area contributed by atoms with Crippen molar-refractivity contribution in [2.24, 2.45) is 0 Å². The van der Waals surface area contributed by atoms with E-state index in [0.717, 1.165) is 16.8 Å². The summed E-state index contributed by atoms with van der Waals surface area (Å²) in [5.41, 5.74) is 3.42. The number of hydrogen-bond acceptors (Lipinski definition) is 4. The van der Waals surface area contributed by atoms with Crippen LogP contribution in [0.4, 0.5) is 0 Å². The van der Waals surface area contributed by atoms with E-state index in [2.05, 4.69) is 15.3 Å². The van der Waals surface area contributed by atoms with E-state index < -0.39 is 0 Å². The fourth-order valence-electron chi connectivity index (χ4n) is 2.68. The molecule has 0 fully saturated rings. The number of ketones is 1. The van der Waals surface area contributed by atoms with Crippen LogP contribution < -0.4 is 5.32 Å². The summed E-state index contributed by atoms with van der Waals surface area (Å²) in [6, 6.07) is 16.8. The molecule has 0 radical (unpaired) electrons. The first kappa shape index (κ1) is 18.5. The highest BCUT2D eigenvalue weighted by molar-refractivity contribution is 5.96. The zero-order chi connectivity index (χ0) is 18.9. The quantitative estimate of drug-likeness (QED) is 0.621. The number of benzene rings is 1. The molecule has 1 aromatic carbocycles. The van der Waals surface area contributed by atoms with Gasteiger partial charge in [-0.2, -0.15) is 0 Å². The van der Waals surface area contributed by atoms with Crippen LogP contribution in [-0.2, 0) is 11.3 Å². The van der Waals surface area contributed by atoms with Gasteiger partial charge < -0.3 is 5.32 Å². The molecule has 3 aromatic rings. The average molecular weight is 359 g/mol. The van der Waals surface area contributed by atoms with Crippen LogP contribution in [0.1, 0.15) is 35.2 Å². The van der Waals surface area contributed by atoms with Crippen LogP contribution >= 0.6 is 0 Å². The first-order valence-electron chi connectivity index (χ1n) is 8.92. The van der Waals surface area contributed by atoms with Crippen molar-refractivity contribution in [2.45, 2.75) is 25.8 Å². The highest BCUT2D eigenvalue weighted by Crippen LogP contribution is 2.15. The van der Waals surface area contributed by atoms with Crippen molar-refractivity contribution in [1.82, 2.24) is 15.3 Å². The predicted octanol–water partition coefficient (Wildman–Crippen LogP) is 3.81. The number of carbonyl (C=O) groups excluding carboxylic acids is 2. The van der Waals surface area contributed by atoms with Crippen molar-refractivity contribution in [3.05, 3.63) is 84.3 Å². The lowest BCUT2D eigenvalue weighted by Crippen LogP contribution is -2.22. The number of hydrogen-bond donors (Lipinski definition) is 1. The van der Waals surface area contributed by atoms with E-state index in [-0.39, 0.29) is 11.7 Å². The number of pyridine rings is 2. The van der Waals surface area contributed by atoms with E-state index in [1.807, 2.05) is 42.5 Å². The van der Waals surface area contributed by atoms with Gasteiger partial charge in [0.05, 0.1) is 5.69 Å². The number of carbonyl (C=O) groups is 2. The van der Waals surface area contributed by atoms with Crippen LogP contribution in [0.2, 0.25) is 0 Å². The van der Waals surface area contributed by atoms with Crippen molar-refractivity contribution >= 4 is 11.7 Å². The minimum atomic E-state index is -0.0628. The van der Waals surface area contributed by atoms with Gasteiger partial charge in [0.15, 0.2) is 5.78 Å². The highest BCUT2D eigenvalue weighted by atomic mass is 16.1. The first-order chi connectivity index (χ1) is 13.2. The lowest BCUT2D eigenvalue weighted by Gasteiger charge is -2.06. The Morgan fingerprint density at radius 3 is 2.44 bits per heavy atom. The predicted molar refractivity (Wildman–Crippen MR) is 104 cm³/mol. The van der Waals surface area contributed by atoms with Gasteiger partial charge in [0, 0.05) is 49.1 Å². The van der Waals surface area contributed by atoms with Gasteiger partial charge in [-0.1, -0.05) is 36.4 Å². The third-order valence-corrected chi connectivity index (χ3v) is 4.18. The molecule has 0 bridgehead atoms. The molecule has 0 aliphatic heterocycles. The second-order valence-electron chi connectivity index (χ2n) is 6.21. The molecule has 27 heavy (non-hydrogen) atoms. The molecule has 1 amide bonds. The molecule has 0 saturated heterocycles. The molecule has 5 heteroatoms. The summed E-state index contributed by atoms with van der Waals surface area (Å²) in [4.78, 5) is 32.5. The van der Waals surface area contributed by atoms with Crippen LogP contribution in [0.15, 0.2) is 73.2 Å². The summed E-state index contributed by atoms with van der Waals surface area (Å²) in [5, 5.41) is 2.87. The maximum atomic E-state index is 12.0. The van der Waals surface area contributed by atoms with E-state index in [1.54, 1.807) is 30.7 Å². The maximum Gasteiger partial charge on any atom is 0.220 e. The van der Waals surface area contributed by atoms with Gasteiger partial charge in [0.1, 0.15) is 0 Å². The smallest absolute Gasteiger partial charge is 0.220 e. The number of nitrogens with zero attached hydrogens (tertiary/aromatic N) is 2. The van der Waals surface area contributed by atoms with Gasteiger partial charge in [0.2, 0.25) is 5.91 Å². The molecule has 0 atom stereocenters. The summed E-state index contributed by atoms with van der Waals surface area (Å²) in [6.45, 7) is 0.422. The third-order valence-electron chi connectivity index (χ3n) is 4.18. The SMILES string of the molecule is O=C(CCCC(=O)c1ccccc1)NCc1ccc(-c2cccnc2)nc1. The average Bonchev–Trinajstić information content (AvgIpc) is 2.74. The number of aromatic nitrogens is 2. The van der Waals surface area contributed by atoms with Crippen molar-refractivity contribution in [3.8, 4) is 11.3 Å². The van der Waals surface area contributed by atoms with Crippen molar-refractivity contribution in [3.63, 3.8) is 0 Å². The molecule has 5 nitrogen and oxygen atoms in total. The van der Waals surface area contributed by atoms with E-state index in [9.17, 15) is 9.59 Å². The van der Waals surface area contributed by atoms with Gasteiger partial charge in [-0.15, -0.1) is 0 Å². The number of rotatable bonds is 8. The largest absolute Gasteiger partial charge is 0.352 e. The van der Waals surface area contributed by atoms with Crippen molar-refractivity contribution < 1.29 is 9.59 Å². The molecule has 2 aromatic heterocycles. The van der Waals surface area contributed by atoms with Crippen LogP contribution in [0.5, 0.6) is 0 Å². The Labute approximate surface area is 158 Å². The van der Waals surface area contributed by atoms with E-state index in [0.29, 0.717) is 31.4 Å². The van der Waals surface area contributed by atoms with E-state index in [1.165, 1.54) is 0 Å². The molecule has 0 saturated carbocycles. The maximum absolute atomic E-state index is 12.0. The Morgan fingerprint density at radius 2 is 1.74 bits per heavy atom. The molecule has 0 spiro atoms. The second-order valence-corrected chi connectivity index (χ2v) is 6.21. The van der Waals surface area contributed by atoms with Crippen LogP contribution in [0.3, 0.4) is 0 Å². The summed E-state index contributed by atoms with van der Waals surface area (Å²) in [7, 11) is 0. The fraction of sp³-hybridized carbons (Fsp3) is 0.182. The Hall–Kier alpha value is -3.34. The van der Waals surface area contributed by atoms with Crippen LogP contribution in [-0.4, -0.2) is 21.7 Å². The molecule has 0 aliphatic carbocycles. The van der Waals surface area contributed by atoms with Gasteiger partial charge in [0.25, 0.3) is 0 Å². The normalized spacial score (nSPS) is 10.4. The number of nitrogens with one attached hydrogen (secondary N) is 1. The molecule has 0 aliphatic rings. The second kappa shape index (κ2) is 9.38. The minimum absolute atomic E-state index is 0.0628. The molecule has 0 unspecified atom stereocenters. The molecular weight excluding hydrogens is 338 g/mol. The molecule has 1 N–H and O–H groups in total. The summed E-state index contributed by atoms with van der Waals surface area (Å²) >= 11 is 0. The zero-order valence-electron chi connectivity index (χ0n) is 15.0. The molecule has 136 valence electrons. The standard InChI is InChI=1S/C22H21N3O2/c26-21(18-6-2-1-3-7-18)9-4-10-22(27)25-15-17-11-12-20(24-14-17)19-8-5-13-23-16-19/h1-3,5-8,11-14,16H,4,9-10,15H2,(H,25,27). The van der Waals surface area contributed by atoms with Gasteiger partial charge in [-0.25, -0.2) is 0 Å². The minimum Gasteiger partial charge on any atom is -0.352 e. The Morgan fingerprint density at radius 1 is 0.889 bits per heavy atom. The first-order valence-corrected chi connectivity index (χ1v) is 8.92. The molecular formula is C22H21N3O2. The van der Waals surface area contributed by atoms with E-state index in [4.69, 9.17) is 0 Å². The molecule has 2 heterocycles. The Balaban J connectivity index is 1.41. The number of Topliss-reactive ketones (excluding diaryl/α,β-unsaturated/α-hetero) is 1. The number of amides is 1. The summed E-state index contributed by atoms with van der Waals surface area (Å²) < 4.78 is 0. The van der Waals surface area contributed by atoms with Crippen LogP contribution in [0, 0.1) is 0 Å². The Bertz CT molecular complexity index is 878. The summed E-state index contributed by atoms with van der Waals surface area (Å²) in [5.74, 6) is 0.00536. The van der Waals surface area contributed by atoms with Gasteiger partial charge in [-0.05, 0) is 30.2 Å². The summed E-state index contributed by atoms with van der Waals surface area (Å²) in [6.07, 6.45) is 6.49. The fourth-order valence-corrected chi connectivity index (χ4v) is 2.68. The van der Waals surface area contributed by atoms with Crippen LogP contribution in [0.25, 0.3) is 11.3 Å². The van der Waals surface area contributed by atoms with Gasteiger partial charge in [-0.3, -0.25) is 19.6 Å². The monoisotopic (exact) mass is 359 g/mol. The van der Waals surface area contributed by atoms with Gasteiger partial charge >= 0.3 is 0 Å². The molecule has 3 rings (SSSR count). The van der Waals surface area contributed by atoms with E-state index >= 15 is 0 Å². The zero-order valence-corrected chi connectivity index (χ0v) is 15.0. The van der Waals surface area contributed by atoms with Crippen molar-refractivity contribution in [1.29, 1.82) is 0 Å². The van der Waals surface area contributed by atoms with Crippen molar-refractivity contribution in [2.75, 3.05) is 0 Å². The lowest BCUT2D eigenvalue weighted by atomic mass is 10.1. The Kier molecular flexibility index (Phi) is 6.41.